The molecule has 0 radical (unpaired) electrons. The smallest absolute Gasteiger partial charge is 0.294 e. The first-order chi connectivity index (χ1) is 9.54. The number of benzene rings is 2. The molecule has 0 saturated carbocycles. The number of nitro benzene ring substituents is 1. The lowest BCUT2D eigenvalue weighted by Gasteiger charge is -1.97. The number of rotatable bonds is 2. The van der Waals surface area contributed by atoms with Crippen molar-refractivity contribution in [1.82, 2.24) is 15.0 Å². The minimum atomic E-state index is -0.546. The molecule has 3 rings (SSSR count). The van der Waals surface area contributed by atoms with E-state index in [1.807, 2.05) is 0 Å². The van der Waals surface area contributed by atoms with Crippen LogP contribution in [0.5, 0.6) is 0 Å². The Kier molecular flexibility index (Phi) is 2.76. The van der Waals surface area contributed by atoms with Crippen molar-refractivity contribution in [3.63, 3.8) is 0 Å². The first kappa shape index (κ1) is 12.4. The van der Waals surface area contributed by atoms with Gasteiger partial charge in [0.25, 0.3) is 5.69 Å². The number of nitrogens with two attached hydrogens (primary N) is 1. The SMILES string of the molecule is Nc1cc2nn(-c3ccc(Cl)cc3)nc2cc1[N+](=O)[O-]. The van der Waals surface area contributed by atoms with Crippen LogP contribution >= 0.6 is 11.6 Å². The summed E-state index contributed by atoms with van der Waals surface area (Å²) in [7, 11) is 0. The van der Waals surface area contributed by atoms with Gasteiger partial charge in [-0.05, 0) is 30.3 Å². The summed E-state index contributed by atoms with van der Waals surface area (Å²) in [5, 5.41) is 19.9. The molecule has 1 heterocycles. The van der Waals surface area contributed by atoms with Gasteiger partial charge in [-0.1, -0.05) is 11.6 Å². The standard InChI is InChI=1S/C12H8ClN5O2/c13-7-1-3-8(4-2-7)17-15-10-5-9(14)12(18(19)20)6-11(10)16-17/h1-6H,14H2. The highest BCUT2D eigenvalue weighted by Crippen LogP contribution is 2.26. The van der Waals surface area contributed by atoms with E-state index >= 15 is 0 Å². The molecule has 20 heavy (non-hydrogen) atoms. The third kappa shape index (κ3) is 2.04. The zero-order chi connectivity index (χ0) is 14.3. The molecule has 2 N–H and O–H groups in total. The Morgan fingerprint density at radius 1 is 1.15 bits per heavy atom. The van der Waals surface area contributed by atoms with Gasteiger partial charge in [-0.25, -0.2) is 0 Å². The summed E-state index contributed by atoms with van der Waals surface area (Å²) in [5.74, 6) is 0. The van der Waals surface area contributed by atoms with Gasteiger partial charge in [0, 0.05) is 11.1 Å². The van der Waals surface area contributed by atoms with E-state index in [1.54, 1.807) is 24.3 Å². The highest BCUT2D eigenvalue weighted by molar-refractivity contribution is 6.30. The fraction of sp³-hybridized carbons (Fsp3) is 0. The first-order valence-electron chi connectivity index (χ1n) is 5.61. The fourth-order valence-corrected chi connectivity index (χ4v) is 1.94. The Morgan fingerprint density at radius 2 is 1.75 bits per heavy atom. The summed E-state index contributed by atoms with van der Waals surface area (Å²) in [6, 6.07) is 9.67. The summed E-state index contributed by atoms with van der Waals surface area (Å²) in [5.41, 5.74) is 7.09. The molecule has 0 bridgehead atoms. The van der Waals surface area contributed by atoms with Gasteiger partial charge in [-0.2, -0.15) is 4.80 Å². The van der Waals surface area contributed by atoms with Crippen LogP contribution in [0.15, 0.2) is 36.4 Å². The van der Waals surface area contributed by atoms with Crippen LogP contribution in [0.1, 0.15) is 0 Å². The quantitative estimate of drug-likeness (QED) is 0.444. The average molecular weight is 290 g/mol. The number of nitrogen functional groups attached to an aromatic ring is 1. The molecule has 2 aromatic carbocycles. The molecule has 0 fully saturated rings. The van der Waals surface area contributed by atoms with E-state index in [4.69, 9.17) is 17.3 Å². The van der Waals surface area contributed by atoms with Crippen molar-refractivity contribution in [2.45, 2.75) is 0 Å². The number of nitro groups is 1. The van der Waals surface area contributed by atoms with Gasteiger partial charge < -0.3 is 5.73 Å². The molecule has 100 valence electrons. The first-order valence-corrected chi connectivity index (χ1v) is 5.99. The summed E-state index contributed by atoms with van der Waals surface area (Å²) in [6.07, 6.45) is 0. The van der Waals surface area contributed by atoms with Crippen molar-refractivity contribution in [3.8, 4) is 5.69 Å². The van der Waals surface area contributed by atoms with Crippen molar-refractivity contribution in [2.24, 2.45) is 0 Å². The Bertz CT molecular complexity index is 813. The number of nitrogens with zero attached hydrogens (tertiary/aromatic N) is 4. The van der Waals surface area contributed by atoms with Crippen molar-refractivity contribution < 1.29 is 4.92 Å². The number of hydrogen-bond acceptors (Lipinski definition) is 5. The van der Waals surface area contributed by atoms with Crippen molar-refractivity contribution in [2.75, 3.05) is 5.73 Å². The van der Waals surface area contributed by atoms with Gasteiger partial charge in [0.1, 0.15) is 16.7 Å². The summed E-state index contributed by atoms with van der Waals surface area (Å²) in [6.45, 7) is 0. The van der Waals surface area contributed by atoms with Crippen LogP contribution in [-0.4, -0.2) is 19.9 Å². The summed E-state index contributed by atoms with van der Waals surface area (Å²) >= 11 is 5.81. The van der Waals surface area contributed by atoms with Gasteiger partial charge in [-0.15, -0.1) is 10.2 Å². The van der Waals surface area contributed by atoms with E-state index in [1.165, 1.54) is 16.9 Å². The van der Waals surface area contributed by atoms with Crippen molar-refractivity contribution >= 4 is 34.0 Å². The van der Waals surface area contributed by atoms with Crippen molar-refractivity contribution in [1.29, 1.82) is 0 Å². The maximum absolute atomic E-state index is 10.8. The van der Waals surface area contributed by atoms with Crippen LogP contribution in [0.2, 0.25) is 5.02 Å². The van der Waals surface area contributed by atoms with E-state index in [0.29, 0.717) is 21.7 Å². The lowest BCUT2D eigenvalue weighted by Crippen LogP contribution is -1.97. The topological polar surface area (TPSA) is 99.9 Å². The normalized spacial score (nSPS) is 10.8. The molecular weight excluding hydrogens is 282 g/mol. The molecule has 0 atom stereocenters. The zero-order valence-corrected chi connectivity index (χ0v) is 10.8. The number of halogens is 1. The monoisotopic (exact) mass is 289 g/mol. The molecule has 7 nitrogen and oxygen atoms in total. The molecule has 0 aliphatic heterocycles. The predicted octanol–water partition coefficient (Wildman–Crippen LogP) is 2.56. The molecule has 8 heteroatoms. The van der Waals surface area contributed by atoms with E-state index in [0.717, 1.165) is 0 Å². The molecule has 0 aliphatic rings. The Labute approximate surface area is 117 Å². The molecule has 0 spiro atoms. The average Bonchev–Trinajstić information content (AvgIpc) is 2.81. The van der Waals surface area contributed by atoms with Crippen LogP contribution in [0.25, 0.3) is 16.7 Å². The Morgan fingerprint density at radius 3 is 2.35 bits per heavy atom. The number of anilines is 1. The number of hydrogen-bond donors (Lipinski definition) is 1. The van der Waals surface area contributed by atoms with Gasteiger partial charge in [0.05, 0.1) is 10.6 Å². The van der Waals surface area contributed by atoms with Gasteiger partial charge in [0.2, 0.25) is 0 Å². The zero-order valence-electron chi connectivity index (χ0n) is 10.0. The maximum Gasteiger partial charge on any atom is 0.294 e. The lowest BCUT2D eigenvalue weighted by atomic mass is 10.2. The number of aromatic nitrogens is 3. The second kappa shape index (κ2) is 4.46. The van der Waals surface area contributed by atoms with Crippen molar-refractivity contribution in [3.05, 3.63) is 51.5 Å². The van der Waals surface area contributed by atoms with Gasteiger partial charge in [0.15, 0.2) is 0 Å². The third-order valence-electron chi connectivity index (χ3n) is 2.78. The van der Waals surface area contributed by atoms with Crippen LogP contribution in [0.4, 0.5) is 11.4 Å². The summed E-state index contributed by atoms with van der Waals surface area (Å²) < 4.78 is 0. The van der Waals surface area contributed by atoms with Gasteiger partial charge in [-0.3, -0.25) is 10.1 Å². The van der Waals surface area contributed by atoms with Gasteiger partial charge >= 0.3 is 0 Å². The molecule has 0 aliphatic carbocycles. The minimum Gasteiger partial charge on any atom is -0.393 e. The highest BCUT2D eigenvalue weighted by Gasteiger charge is 2.15. The van der Waals surface area contributed by atoms with E-state index < -0.39 is 4.92 Å². The van der Waals surface area contributed by atoms with E-state index in [-0.39, 0.29) is 11.4 Å². The van der Waals surface area contributed by atoms with E-state index in [2.05, 4.69) is 10.2 Å². The van der Waals surface area contributed by atoms with Crippen LogP contribution < -0.4 is 5.73 Å². The Balaban J connectivity index is 2.15. The van der Waals surface area contributed by atoms with Crippen LogP contribution in [0.3, 0.4) is 0 Å². The molecule has 0 amide bonds. The number of fused-ring (bicyclic) bond motifs is 1. The van der Waals surface area contributed by atoms with Crippen LogP contribution in [-0.2, 0) is 0 Å². The lowest BCUT2D eigenvalue weighted by molar-refractivity contribution is -0.383. The predicted molar refractivity (Wildman–Crippen MR) is 74.9 cm³/mol. The summed E-state index contributed by atoms with van der Waals surface area (Å²) in [4.78, 5) is 11.7. The Hall–Kier alpha value is -2.67. The second-order valence-electron chi connectivity index (χ2n) is 4.12. The molecule has 1 aromatic heterocycles. The maximum atomic E-state index is 10.8. The van der Waals surface area contributed by atoms with Crippen LogP contribution in [0, 0.1) is 10.1 Å². The van der Waals surface area contributed by atoms with E-state index in [9.17, 15) is 10.1 Å². The minimum absolute atomic E-state index is 0.0608. The molecule has 0 unspecified atom stereocenters. The molecule has 3 aromatic rings. The largest absolute Gasteiger partial charge is 0.393 e. The molecular formula is C12H8ClN5O2. The second-order valence-corrected chi connectivity index (χ2v) is 4.56. The third-order valence-corrected chi connectivity index (χ3v) is 3.04. The highest BCUT2D eigenvalue weighted by atomic mass is 35.5. The fourth-order valence-electron chi connectivity index (χ4n) is 1.82. The molecule has 0 saturated heterocycles.